The van der Waals surface area contributed by atoms with Crippen LogP contribution in [0, 0.1) is 0 Å². The number of nitrogens with zero attached hydrogens (tertiary/aromatic N) is 4. The summed E-state index contributed by atoms with van der Waals surface area (Å²) < 4.78 is 33.3. The van der Waals surface area contributed by atoms with Gasteiger partial charge < -0.3 is 20.4 Å². The molecule has 0 unspecified atom stereocenters. The Balaban J connectivity index is 1.74. The van der Waals surface area contributed by atoms with Crippen LogP contribution in [0.3, 0.4) is 0 Å². The number of thioether (sulfide) groups is 1. The molecule has 134 valence electrons. The predicted octanol–water partition coefficient (Wildman–Crippen LogP) is 0.0249. The molecule has 0 aromatic carbocycles. The standard InChI is InChI=1S/C13H22N6O3S2/c1-18(2)8-10-4-5-11(22-10)9-23-7-6-15-13-16-12(14)17-24(20,21)19(13)3/h4-5H,6-9H2,1-3H3,(H3,14,15,16,17). The molecule has 1 aliphatic heterocycles. The number of hydrogen-bond donors (Lipinski definition) is 2. The minimum absolute atomic E-state index is 0.175. The van der Waals surface area contributed by atoms with E-state index in [4.69, 9.17) is 10.2 Å². The van der Waals surface area contributed by atoms with Crippen molar-refractivity contribution < 1.29 is 12.8 Å². The van der Waals surface area contributed by atoms with Crippen LogP contribution in [0.5, 0.6) is 0 Å². The van der Waals surface area contributed by atoms with Gasteiger partial charge >= 0.3 is 10.2 Å². The molecule has 0 radical (unpaired) electrons. The Morgan fingerprint density at radius 2 is 2.08 bits per heavy atom. The quantitative estimate of drug-likeness (QED) is 0.647. The minimum Gasteiger partial charge on any atom is -0.464 e. The van der Waals surface area contributed by atoms with Gasteiger partial charge in [0.25, 0.3) is 0 Å². The third-order valence-electron chi connectivity index (χ3n) is 3.04. The first-order valence-electron chi connectivity index (χ1n) is 7.25. The van der Waals surface area contributed by atoms with E-state index in [-0.39, 0.29) is 11.9 Å². The second-order valence-electron chi connectivity index (χ2n) is 5.42. The van der Waals surface area contributed by atoms with Crippen LogP contribution in [0.15, 0.2) is 25.9 Å². The lowest BCUT2D eigenvalue weighted by Crippen LogP contribution is -2.46. The van der Waals surface area contributed by atoms with Crippen LogP contribution in [0.4, 0.5) is 0 Å². The molecular weight excluding hydrogens is 352 g/mol. The molecule has 0 spiro atoms. The normalized spacial score (nSPS) is 16.9. The summed E-state index contributed by atoms with van der Waals surface area (Å²) in [6, 6.07) is 3.95. The van der Waals surface area contributed by atoms with Crippen LogP contribution in [-0.4, -0.2) is 63.0 Å². The van der Waals surface area contributed by atoms with Crippen molar-refractivity contribution in [2.75, 3.05) is 33.4 Å². The van der Waals surface area contributed by atoms with Gasteiger partial charge in [-0.25, -0.2) is 4.31 Å². The molecule has 0 bridgehead atoms. The summed E-state index contributed by atoms with van der Waals surface area (Å²) in [4.78, 5) is 5.94. The molecular formula is C13H22N6O3S2. The molecule has 3 N–H and O–H groups in total. The van der Waals surface area contributed by atoms with Crippen molar-refractivity contribution in [3.8, 4) is 0 Å². The maximum Gasteiger partial charge on any atom is 0.350 e. The number of rotatable bonds is 7. The Morgan fingerprint density at radius 1 is 1.38 bits per heavy atom. The molecule has 2 heterocycles. The number of furan rings is 1. The van der Waals surface area contributed by atoms with Gasteiger partial charge in [-0.1, -0.05) is 0 Å². The van der Waals surface area contributed by atoms with Gasteiger partial charge in [0, 0.05) is 19.3 Å². The summed E-state index contributed by atoms with van der Waals surface area (Å²) >= 11 is 1.67. The average molecular weight is 374 g/mol. The van der Waals surface area contributed by atoms with E-state index in [1.54, 1.807) is 11.8 Å². The maximum atomic E-state index is 11.7. The summed E-state index contributed by atoms with van der Waals surface area (Å²) in [6.07, 6.45) is 0. The van der Waals surface area contributed by atoms with Crippen LogP contribution < -0.4 is 11.1 Å². The third-order valence-corrected chi connectivity index (χ3v) is 5.30. The molecule has 11 heteroatoms. The smallest absolute Gasteiger partial charge is 0.350 e. The highest BCUT2D eigenvalue weighted by molar-refractivity contribution is 7.98. The van der Waals surface area contributed by atoms with Crippen LogP contribution in [0.2, 0.25) is 0 Å². The van der Waals surface area contributed by atoms with Gasteiger partial charge in [0.2, 0.25) is 11.9 Å². The summed E-state index contributed by atoms with van der Waals surface area (Å²) in [5, 5.41) is 2.95. The molecule has 24 heavy (non-hydrogen) atoms. The van der Waals surface area contributed by atoms with E-state index in [1.807, 2.05) is 31.1 Å². The zero-order chi connectivity index (χ0) is 17.7. The lowest BCUT2D eigenvalue weighted by atomic mass is 10.4. The van der Waals surface area contributed by atoms with Gasteiger partial charge in [0.15, 0.2) is 0 Å². The molecule has 0 fully saturated rings. The molecule has 0 atom stereocenters. The zero-order valence-corrected chi connectivity index (χ0v) is 15.5. The molecule has 1 aromatic rings. The topological polar surface area (TPSA) is 117 Å². The van der Waals surface area contributed by atoms with Crippen molar-refractivity contribution in [3.63, 3.8) is 0 Å². The molecule has 0 aliphatic carbocycles. The Hall–Kier alpha value is -1.72. The molecule has 9 nitrogen and oxygen atoms in total. The molecule has 1 aliphatic rings. The Bertz CT molecular complexity index is 726. The number of aliphatic imine (C=N–C) groups is 1. The van der Waals surface area contributed by atoms with Gasteiger partial charge in [0.1, 0.15) is 11.5 Å². The maximum absolute atomic E-state index is 11.7. The van der Waals surface area contributed by atoms with Gasteiger partial charge in [-0.2, -0.15) is 25.2 Å². The molecule has 2 rings (SSSR count). The van der Waals surface area contributed by atoms with Crippen molar-refractivity contribution in [1.29, 1.82) is 0 Å². The number of guanidine groups is 2. The van der Waals surface area contributed by atoms with Crippen molar-refractivity contribution in [3.05, 3.63) is 23.7 Å². The summed E-state index contributed by atoms with van der Waals surface area (Å²) in [5.41, 5.74) is 5.40. The first-order valence-corrected chi connectivity index (χ1v) is 9.80. The Morgan fingerprint density at radius 3 is 2.79 bits per heavy atom. The van der Waals surface area contributed by atoms with E-state index in [2.05, 4.69) is 14.7 Å². The largest absolute Gasteiger partial charge is 0.464 e. The molecule has 0 saturated carbocycles. The van der Waals surface area contributed by atoms with E-state index in [1.165, 1.54) is 7.05 Å². The fourth-order valence-electron chi connectivity index (χ4n) is 1.94. The second kappa shape index (κ2) is 7.90. The SMILES string of the molecule is CN(C)Cc1ccc(CSCCNC2=NC(N)=NS(=O)(=O)N2C)o1. The monoisotopic (exact) mass is 374 g/mol. The average Bonchev–Trinajstić information content (AvgIpc) is 2.89. The van der Waals surface area contributed by atoms with Gasteiger partial charge in [0.05, 0.1) is 12.3 Å². The van der Waals surface area contributed by atoms with Gasteiger partial charge in [-0.3, -0.25) is 0 Å². The van der Waals surface area contributed by atoms with Crippen LogP contribution >= 0.6 is 11.8 Å². The van der Waals surface area contributed by atoms with Gasteiger partial charge in [-0.15, -0.1) is 4.40 Å². The van der Waals surface area contributed by atoms with E-state index >= 15 is 0 Å². The summed E-state index contributed by atoms with van der Waals surface area (Å²) in [7, 11) is 1.58. The summed E-state index contributed by atoms with van der Waals surface area (Å²) in [6.45, 7) is 1.32. The molecule has 1 aromatic heterocycles. The highest BCUT2D eigenvalue weighted by Crippen LogP contribution is 2.16. The Kier molecular flexibility index (Phi) is 6.13. The van der Waals surface area contributed by atoms with Crippen LogP contribution in [0.1, 0.15) is 11.5 Å². The summed E-state index contributed by atoms with van der Waals surface area (Å²) in [5.74, 6) is 3.27. The van der Waals surface area contributed by atoms with E-state index in [0.717, 1.165) is 33.9 Å². The van der Waals surface area contributed by atoms with Crippen LogP contribution in [-0.2, 0) is 22.5 Å². The third kappa shape index (κ3) is 5.14. The molecule has 0 saturated heterocycles. The van der Waals surface area contributed by atoms with E-state index < -0.39 is 10.2 Å². The first kappa shape index (κ1) is 18.6. The highest BCUT2D eigenvalue weighted by atomic mass is 32.2. The van der Waals surface area contributed by atoms with Crippen molar-refractivity contribution in [2.45, 2.75) is 12.3 Å². The highest BCUT2D eigenvalue weighted by Gasteiger charge is 2.25. The van der Waals surface area contributed by atoms with Crippen molar-refractivity contribution in [1.82, 2.24) is 14.5 Å². The van der Waals surface area contributed by atoms with Crippen molar-refractivity contribution >= 4 is 33.9 Å². The zero-order valence-electron chi connectivity index (χ0n) is 13.9. The fraction of sp³-hybridized carbons (Fsp3) is 0.538. The number of nitrogens with one attached hydrogen (secondary N) is 1. The van der Waals surface area contributed by atoms with Gasteiger partial charge in [-0.05, 0) is 26.2 Å². The Labute approximate surface area is 146 Å². The lowest BCUT2D eigenvalue weighted by Gasteiger charge is -2.22. The fourth-order valence-corrected chi connectivity index (χ4v) is 3.41. The van der Waals surface area contributed by atoms with Crippen LogP contribution in [0.25, 0.3) is 0 Å². The second-order valence-corrected chi connectivity index (χ2v) is 8.15. The van der Waals surface area contributed by atoms with E-state index in [0.29, 0.717) is 6.54 Å². The lowest BCUT2D eigenvalue weighted by molar-refractivity contribution is 0.344. The number of hydrogen-bond acceptors (Lipinski definition) is 8. The van der Waals surface area contributed by atoms with E-state index in [9.17, 15) is 8.42 Å². The molecule has 0 amide bonds. The predicted molar refractivity (Wildman–Crippen MR) is 96.0 cm³/mol. The minimum atomic E-state index is -3.78. The first-order chi connectivity index (χ1) is 11.3. The van der Waals surface area contributed by atoms with Crippen molar-refractivity contribution in [2.24, 2.45) is 15.1 Å². The number of nitrogens with two attached hydrogens (primary N) is 1.